The highest BCUT2D eigenvalue weighted by Gasteiger charge is 2.49. The molecule has 2 aliphatic rings. The second-order valence-corrected chi connectivity index (χ2v) is 14.0. The van der Waals surface area contributed by atoms with E-state index in [9.17, 15) is 15.2 Å². The smallest absolute Gasteiger partial charge is 0.243 e. The van der Waals surface area contributed by atoms with Gasteiger partial charge in [-0.15, -0.1) is 0 Å². The van der Waals surface area contributed by atoms with E-state index in [0.717, 1.165) is 48.2 Å². The summed E-state index contributed by atoms with van der Waals surface area (Å²) in [5.41, 5.74) is 2.88. The molecule has 1 aliphatic carbocycles. The molecule has 1 unspecified atom stereocenters. The fourth-order valence-corrected chi connectivity index (χ4v) is 6.82. The standard InChI is InChI=1S/C41H48ClN5O5/c1-4-39(49)46-16-15-44-26-33-21-36(42)38(22-37(33)50-28-31-20-30(23-43)24-45-25-31)51-29-41(52-19-9-17-47-18-13-34(48)27-47)14-8-12-35(40(41,2)3)32-10-6-5-7-11-32/h4-8,10-12,14,20-22,24-25,34,44,48H,1,9,13,15-19,26-29H2,2-3H3,(H,46,49)/t34?,41-/m0/s1. The number of carbonyl (C=O) groups excluding carboxylic acids is 1. The zero-order chi connectivity index (χ0) is 37.0. The maximum absolute atomic E-state index is 11.6. The van der Waals surface area contributed by atoms with Gasteiger partial charge in [-0.3, -0.25) is 9.78 Å². The number of carbonyl (C=O) groups is 1. The fourth-order valence-electron chi connectivity index (χ4n) is 6.58. The van der Waals surface area contributed by atoms with E-state index in [2.05, 4.69) is 71.3 Å². The number of hydrogen-bond donors (Lipinski definition) is 3. The van der Waals surface area contributed by atoms with Crippen LogP contribution in [0.2, 0.25) is 5.02 Å². The SMILES string of the molecule is C=CC(=O)NCCNCc1cc(Cl)c(OC[C@@]2(OCCCN3CCC(O)C3)C=CC=C(c3ccccc3)C2(C)C)cc1OCc1cncc(C#N)c1. The van der Waals surface area contributed by atoms with Crippen LogP contribution in [0.4, 0.5) is 0 Å². The van der Waals surface area contributed by atoms with Gasteiger partial charge in [-0.1, -0.05) is 74.5 Å². The molecule has 274 valence electrons. The van der Waals surface area contributed by atoms with Crippen molar-refractivity contribution < 1.29 is 24.1 Å². The molecule has 1 saturated heterocycles. The molecule has 3 aromatic rings. The third kappa shape index (κ3) is 9.88. The quantitative estimate of drug-likeness (QED) is 0.109. The van der Waals surface area contributed by atoms with Crippen LogP contribution in [-0.4, -0.2) is 78.5 Å². The summed E-state index contributed by atoms with van der Waals surface area (Å²) in [6.45, 7) is 12.5. The second kappa shape index (κ2) is 18.3. The number of nitrogens with one attached hydrogen (secondary N) is 2. The highest BCUT2D eigenvalue weighted by Crippen LogP contribution is 2.49. The van der Waals surface area contributed by atoms with E-state index in [4.69, 9.17) is 25.8 Å². The molecule has 10 nitrogen and oxygen atoms in total. The lowest BCUT2D eigenvalue weighted by atomic mass is 9.65. The van der Waals surface area contributed by atoms with Crippen LogP contribution in [0.5, 0.6) is 11.5 Å². The van der Waals surface area contributed by atoms with E-state index >= 15 is 0 Å². The van der Waals surface area contributed by atoms with Crippen molar-refractivity contribution >= 4 is 23.1 Å². The van der Waals surface area contributed by atoms with Gasteiger partial charge in [-0.2, -0.15) is 5.26 Å². The van der Waals surface area contributed by atoms with E-state index in [-0.39, 0.29) is 25.2 Å². The molecule has 2 aromatic carbocycles. The number of benzene rings is 2. The van der Waals surface area contributed by atoms with E-state index in [1.54, 1.807) is 18.3 Å². The van der Waals surface area contributed by atoms with Gasteiger partial charge in [-0.05, 0) is 48.3 Å². The summed E-state index contributed by atoms with van der Waals surface area (Å²) >= 11 is 6.91. The molecule has 5 rings (SSSR count). The minimum absolute atomic E-state index is 0.175. The topological polar surface area (TPSA) is 129 Å². The first-order valence-corrected chi connectivity index (χ1v) is 18.0. The molecular weight excluding hydrogens is 678 g/mol. The Bertz CT molecular complexity index is 1790. The van der Waals surface area contributed by atoms with Crippen LogP contribution in [0.3, 0.4) is 0 Å². The minimum atomic E-state index is -0.846. The van der Waals surface area contributed by atoms with Crippen molar-refractivity contribution in [2.75, 3.05) is 45.9 Å². The Labute approximate surface area is 311 Å². The van der Waals surface area contributed by atoms with Gasteiger partial charge in [0.2, 0.25) is 5.91 Å². The normalized spacial score (nSPS) is 19.4. The van der Waals surface area contributed by atoms with Crippen molar-refractivity contribution in [1.82, 2.24) is 20.5 Å². The van der Waals surface area contributed by atoms with E-state index < -0.39 is 11.0 Å². The van der Waals surface area contributed by atoms with E-state index in [0.29, 0.717) is 54.9 Å². The number of allylic oxidation sites excluding steroid dienone is 2. The lowest BCUT2D eigenvalue weighted by molar-refractivity contribution is -0.116. The van der Waals surface area contributed by atoms with E-state index in [1.165, 1.54) is 12.3 Å². The number of aliphatic hydroxyl groups excluding tert-OH is 1. The molecule has 52 heavy (non-hydrogen) atoms. The number of ether oxygens (including phenoxy) is 3. The third-order valence-corrected chi connectivity index (χ3v) is 9.94. The Morgan fingerprint density at radius 1 is 1.17 bits per heavy atom. The van der Waals surface area contributed by atoms with Crippen LogP contribution < -0.4 is 20.1 Å². The molecule has 0 spiro atoms. The Hall–Kier alpha value is -4.50. The van der Waals surface area contributed by atoms with Crippen LogP contribution in [0.15, 0.2) is 91.8 Å². The second-order valence-electron chi connectivity index (χ2n) is 13.6. The lowest BCUT2D eigenvalue weighted by Crippen LogP contribution is -2.52. The number of rotatable bonds is 18. The van der Waals surface area contributed by atoms with Gasteiger partial charge >= 0.3 is 0 Å². The lowest BCUT2D eigenvalue weighted by Gasteiger charge is -2.47. The van der Waals surface area contributed by atoms with Gasteiger partial charge in [-0.25, -0.2) is 0 Å². The Morgan fingerprint density at radius 3 is 2.75 bits per heavy atom. The Kier molecular flexibility index (Phi) is 13.6. The van der Waals surface area contributed by atoms with Crippen molar-refractivity contribution in [2.24, 2.45) is 5.41 Å². The first-order valence-electron chi connectivity index (χ1n) is 17.7. The van der Waals surface area contributed by atoms with Crippen LogP contribution >= 0.6 is 11.6 Å². The predicted octanol–water partition coefficient (Wildman–Crippen LogP) is 5.85. The van der Waals surface area contributed by atoms with Crippen LogP contribution in [0.1, 0.15) is 48.9 Å². The van der Waals surface area contributed by atoms with Gasteiger partial charge in [0.1, 0.15) is 36.4 Å². The minimum Gasteiger partial charge on any atom is -0.488 e. The van der Waals surface area contributed by atoms with Crippen LogP contribution in [-0.2, 0) is 22.7 Å². The molecule has 0 saturated carbocycles. The largest absolute Gasteiger partial charge is 0.488 e. The van der Waals surface area contributed by atoms with Crippen LogP contribution in [0.25, 0.3) is 5.57 Å². The Balaban J connectivity index is 1.37. The first-order chi connectivity index (χ1) is 25.1. The number of hydrogen-bond acceptors (Lipinski definition) is 9. The summed E-state index contributed by atoms with van der Waals surface area (Å²) in [5.74, 6) is 0.756. The number of aromatic nitrogens is 1. The highest BCUT2D eigenvalue weighted by atomic mass is 35.5. The van der Waals surface area contributed by atoms with Crippen LogP contribution in [0, 0.1) is 16.7 Å². The number of aliphatic hydroxyl groups is 1. The molecule has 11 heteroatoms. The molecule has 0 radical (unpaired) electrons. The van der Waals surface area contributed by atoms with Gasteiger partial charge in [0.15, 0.2) is 0 Å². The molecular formula is C41H48ClN5O5. The van der Waals surface area contributed by atoms with Crippen molar-refractivity contribution in [3.05, 3.63) is 119 Å². The maximum Gasteiger partial charge on any atom is 0.243 e. The molecule has 1 aromatic heterocycles. The molecule has 3 N–H and O–H groups in total. The number of likely N-dealkylation sites (tertiary alicyclic amines) is 1. The third-order valence-electron chi connectivity index (χ3n) is 9.65. The molecule has 0 bridgehead atoms. The molecule has 2 atom stereocenters. The zero-order valence-corrected chi connectivity index (χ0v) is 30.7. The number of halogens is 1. The summed E-state index contributed by atoms with van der Waals surface area (Å²) < 4.78 is 19.8. The predicted molar refractivity (Wildman–Crippen MR) is 203 cm³/mol. The first kappa shape index (κ1) is 38.7. The van der Waals surface area contributed by atoms with Gasteiger partial charge < -0.3 is 34.9 Å². The summed E-state index contributed by atoms with van der Waals surface area (Å²) in [5, 5.41) is 25.8. The van der Waals surface area contributed by atoms with Gasteiger partial charge in [0, 0.05) is 80.9 Å². The molecule has 1 aliphatic heterocycles. The zero-order valence-electron chi connectivity index (χ0n) is 29.9. The summed E-state index contributed by atoms with van der Waals surface area (Å²) in [4.78, 5) is 18.0. The monoisotopic (exact) mass is 725 g/mol. The summed E-state index contributed by atoms with van der Waals surface area (Å²) in [7, 11) is 0. The number of amides is 1. The average Bonchev–Trinajstić information content (AvgIpc) is 3.57. The number of nitrogens with zero attached hydrogens (tertiary/aromatic N) is 3. The van der Waals surface area contributed by atoms with E-state index in [1.807, 2.05) is 30.3 Å². The number of β-amino-alcohol motifs (C(OH)–C–C–N with tert-alkyl or cyclic N) is 1. The highest BCUT2D eigenvalue weighted by molar-refractivity contribution is 6.32. The number of nitriles is 1. The number of pyridine rings is 1. The van der Waals surface area contributed by atoms with Gasteiger partial charge in [0.25, 0.3) is 0 Å². The maximum atomic E-state index is 11.6. The van der Waals surface area contributed by atoms with Crippen molar-refractivity contribution in [3.8, 4) is 17.6 Å². The van der Waals surface area contributed by atoms with Crippen molar-refractivity contribution in [1.29, 1.82) is 5.26 Å². The average molecular weight is 726 g/mol. The van der Waals surface area contributed by atoms with Gasteiger partial charge in [0.05, 0.1) is 16.7 Å². The van der Waals surface area contributed by atoms with Crippen molar-refractivity contribution in [2.45, 2.75) is 51.5 Å². The fraction of sp³-hybridized carbons (Fsp3) is 0.390. The summed E-state index contributed by atoms with van der Waals surface area (Å²) in [6.07, 6.45) is 12.0. The molecule has 1 amide bonds. The summed E-state index contributed by atoms with van der Waals surface area (Å²) in [6, 6.07) is 17.8. The Morgan fingerprint density at radius 2 is 2.00 bits per heavy atom. The molecule has 1 fully saturated rings. The molecule has 2 heterocycles. The van der Waals surface area contributed by atoms with Crippen molar-refractivity contribution in [3.63, 3.8) is 0 Å².